The summed E-state index contributed by atoms with van der Waals surface area (Å²) in [6.45, 7) is 10.1. The minimum Gasteiger partial charge on any atom is -0.384 e. The molecule has 0 atom stereocenters. The van der Waals surface area contributed by atoms with Crippen molar-refractivity contribution in [3.8, 4) is 11.3 Å². The molecule has 7 nitrogen and oxygen atoms in total. The van der Waals surface area contributed by atoms with E-state index in [0.717, 1.165) is 39.0 Å². The van der Waals surface area contributed by atoms with E-state index in [4.69, 9.17) is 5.73 Å². The van der Waals surface area contributed by atoms with Gasteiger partial charge in [-0.3, -0.25) is 9.59 Å². The van der Waals surface area contributed by atoms with Crippen LogP contribution in [0.1, 0.15) is 52.6 Å². The fourth-order valence-corrected chi connectivity index (χ4v) is 4.55. The van der Waals surface area contributed by atoms with Crippen molar-refractivity contribution >= 4 is 22.6 Å². The van der Waals surface area contributed by atoms with E-state index in [9.17, 15) is 9.59 Å². The molecule has 0 aliphatic rings. The molecule has 0 spiro atoms. The number of benzene rings is 1. The molecule has 0 saturated carbocycles. The van der Waals surface area contributed by atoms with Crippen molar-refractivity contribution < 1.29 is 4.79 Å². The average Bonchev–Trinajstić information content (AvgIpc) is 3.06. The molecule has 1 aromatic carbocycles. The van der Waals surface area contributed by atoms with E-state index < -0.39 is 0 Å². The molecule has 0 saturated heterocycles. The highest BCUT2D eigenvalue weighted by molar-refractivity contribution is 6.09. The molecule has 0 bridgehead atoms. The number of aromatic amines is 1. The second-order valence-corrected chi connectivity index (χ2v) is 8.73. The smallest absolute Gasteiger partial charge is 0.253 e. The maximum absolute atomic E-state index is 13.3. The number of aromatic nitrogens is 3. The van der Waals surface area contributed by atoms with E-state index in [-0.39, 0.29) is 24.1 Å². The normalized spacial score (nSPS) is 11.3. The van der Waals surface area contributed by atoms with Gasteiger partial charge in [-0.25, -0.2) is 4.98 Å². The van der Waals surface area contributed by atoms with Crippen molar-refractivity contribution in [3.05, 3.63) is 80.9 Å². The number of nitrogen functional groups attached to an aromatic ring is 1. The Labute approximate surface area is 192 Å². The van der Waals surface area contributed by atoms with Gasteiger partial charge in [0.2, 0.25) is 0 Å². The zero-order valence-electron chi connectivity index (χ0n) is 19.6. The van der Waals surface area contributed by atoms with Crippen LogP contribution in [0.25, 0.3) is 22.2 Å². The molecule has 0 fully saturated rings. The SMILES string of the molecule is Cc1cc(C)c(CNC(=O)c2cccc3c2c(C)c(-c2ccc(N)nc2)n3C(C)C)c(=O)[nH]1. The van der Waals surface area contributed by atoms with Gasteiger partial charge in [-0.1, -0.05) is 6.07 Å². The highest BCUT2D eigenvalue weighted by Crippen LogP contribution is 2.37. The molecule has 33 heavy (non-hydrogen) atoms. The topological polar surface area (TPSA) is 106 Å². The molecule has 170 valence electrons. The molecule has 7 heteroatoms. The van der Waals surface area contributed by atoms with Gasteiger partial charge in [0.1, 0.15) is 5.82 Å². The summed E-state index contributed by atoms with van der Waals surface area (Å²) in [4.78, 5) is 32.7. The molecule has 1 amide bonds. The van der Waals surface area contributed by atoms with Gasteiger partial charge in [0.05, 0.1) is 5.69 Å². The van der Waals surface area contributed by atoms with Crippen LogP contribution < -0.4 is 16.6 Å². The second-order valence-electron chi connectivity index (χ2n) is 8.73. The lowest BCUT2D eigenvalue weighted by atomic mass is 10.0. The zero-order chi connectivity index (χ0) is 23.9. The summed E-state index contributed by atoms with van der Waals surface area (Å²) in [6.07, 6.45) is 1.77. The lowest BCUT2D eigenvalue weighted by Crippen LogP contribution is -2.28. The van der Waals surface area contributed by atoms with Crippen LogP contribution in [0, 0.1) is 20.8 Å². The van der Waals surface area contributed by atoms with Crippen LogP contribution in [0.3, 0.4) is 0 Å². The molecule has 3 aromatic heterocycles. The molecule has 4 N–H and O–H groups in total. The van der Waals surface area contributed by atoms with E-state index in [1.807, 2.05) is 51.1 Å². The molecule has 4 aromatic rings. The van der Waals surface area contributed by atoms with Gasteiger partial charge in [-0.2, -0.15) is 0 Å². The summed E-state index contributed by atoms with van der Waals surface area (Å²) in [7, 11) is 0. The second kappa shape index (κ2) is 8.58. The Hall–Kier alpha value is -3.87. The van der Waals surface area contributed by atoms with Crippen LogP contribution >= 0.6 is 0 Å². The first-order chi connectivity index (χ1) is 15.7. The number of carbonyl (C=O) groups is 1. The van der Waals surface area contributed by atoms with Crippen molar-refractivity contribution in [2.75, 3.05) is 5.73 Å². The standard InChI is InChI=1S/C26H29N5O2/c1-14(2)31-21-8-6-7-19(23(21)17(5)24(31)18-9-10-22(27)28-12-18)25(32)29-13-20-15(3)11-16(4)30-26(20)33/h6-12,14H,13H2,1-5H3,(H2,27,28)(H,29,32)(H,30,33). The third-order valence-corrected chi connectivity index (χ3v) is 6.01. The summed E-state index contributed by atoms with van der Waals surface area (Å²) in [5.74, 6) is 0.246. The summed E-state index contributed by atoms with van der Waals surface area (Å²) >= 11 is 0. The van der Waals surface area contributed by atoms with Crippen LogP contribution in [-0.4, -0.2) is 20.4 Å². The number of nitrogens with one attached hydrogen (secondary N) is 2. The summed E-state index contributed by atoms with van der Waals surface area (Å²) < 4.78 is 2.23. The number of hydrogen-bond donors (Lipinski definition) is 3. The highest BCUT2D eigenvalue weighted by Gasteiger charge is 2.22. The lowest BCUT2D eigenvalue weighted by Gasteiger charge is -2.15. The summed E-state index contributed by atoms with van der Waals surface area (Å²) in [5, 5.41) is 3.84. The van der Waals surface area contributed by atoms with Crippen molar-refractivity contribution in [2.45, 2.75) is 47.2 Å². The maximum Gasteiger partial charge on any atom is 0.253 e. The van der Waals surface area contributed by atoms with Gasteiger partial charge in [0.25, 0.3) is 11.5 Å². The van der Waals surface area contributed by atoms with E-state index >= 15 is 0 Å². The van der Waals surface area contributed by atoms with E-state index in [0.29, 0.717) is 16.9 Å². The van der Waals surface area contributed by atoms with Gasteiger partial charge in [-0.05, 0) is 76.1 Å². The van der Waals surface area contributed by atoms with E-state index in [2.05, 4.69) is 33.7 Å². The Balaban J connectivity index is 1.79. The Morgan fingerprint density at radius 3 is 2.58 bits per heavy atom. The van der Waals surface area contributed by atoms with E-state index in [1.165, 1.54) is 0 Å². The number of H-pyrrole nitrogens is 1. The Bertz CT molecular complexity index is 1410. The van der Waals surface area contributed by atoms with E-state index in [1.54, 1.807) is 12.3 Å². The quantitative estimate of drug-likeness (QED) is 0.425. The van der Waals surface area contributed by atoms with Gasteiger partial charge in [-0.15, -0.1) is 0 Å². The van der Waals surface area contributed by atoms with Crippen molar-refractivity contribution in [2.24, 2.45) is 0 Å². The number of aryl methyl sites for hydroxylation is 3. The monoisotopic (exact) mass is 443 g/mol. The number of fused-ring (bicyclic) bond motifs is 1. The molecule has 0 aliphatic carbocycles. The number of anilines is 1. The first kappa shape index (κ1) is 22.3. The number of nitrogens with two attached hydrogens (primary N) is 1. The Morgan fingerprint density at radius 2 is 1.94 bits per heavy atom. The number of hydrogen-bond acceptors (Lipinski definition) is 4. The number of carbonyl (C=O) groups excluding carboxylic acids is 1. The molecular formula is C26H29N5O2. The van der Waals surface area contributed by atoms with Crippen molar-refractivity contribution in [1.82, 2.24) is 19.9 Å². The number of rotatable bonds is 5. The lowest BCUT2D eigenvalue weighted by molar-refractivity contribution is 0.0952. The Morgan fingerprint density at radius 1 is 1.18 bits per heavy atom. The van der Waals surface area contributed by atoms with Crippen LogP contribution in [-0.2, 0) is 6.54 Å². The van der Waals surface area contributed by atoms with Crippen molar-refractivity contribution in [1.29, 1.82) is 0 Å². The maximum atomic E-state index is 13.3. The van der Waals surface area contributed by atoms with Gasteiger partial charge < -0.3 is 20.6 Å². The van der Waals surface area contributed by atoms with Crippen LogP contribution in [0.15, 0.2) is 47.4 Å². The molecule has 3 heterocycles. The Kier molecular flexibility index (Phi) is 5.80. The van der Waals surface area contributed by atoms with Gasteiger partial charge in [0, 0.05) is 52.1 Å². The number of pyridine rings is 2. The zero-order valence-corrected chi connectivity index (χ0v) is 19.6. The van der Waals surface area contributed by atoms with Crippen LogP contribution in [0.4, 0.5) is 5.82 Å². The highest BCUT2D eigenvalue weighted by atomic mass is 16.1. The average molecular weight is 444 g/mol. The van der Waals surface area contributed by atoms with Crippen LogP contribution in [0.5, 0.6) is 0 Å². The number of nitrogens with zero attached hydrogens (tertiary/aromatic N) is 2. The number of amides is 1. The molecule has 0 aliphatic heterocycles. The molecule has 4 rings (SSSR count). The molecule has 0 radical (unpaired) electrons. The predicted molar refractivity (Wildman–Crippen MR) is 132 cm³/mol. The summed E-state index contributed by atoms with van der Waals surface area (Å²) in [5.41, 5.74) is 12.4. The predicted octanol–water partition coefficient (Wildman–Crippen LogP) is 4.41. The molecular weight excluding hydrogens is 414 g/mol. The summed E-state index contributed by atoms with van der Waals surface area (Å²) in [6, 6.07) is 11.6. The van der Waals surface area contributed by atoms with Crippen molar-refractivity contribution in [3.63, 3.8) is 0 Å². The minimum absolute atomic E-state index is 0.162. The first-order valence-corrected chi connectivity index (χ1v) is 11.0. The fourth-order valence-electron chi connectivity index (χ4n) is 4.55. The fraction of sp³-hybridized carbons (Fsp3) is 0.269. The molecule has 0 unspecified atom stereocenters. The first-order valence-electron chi connectivity index (χ1n) is 11.0. The van der Waals surface area contributed by atoms with Gasteiger partial charge >= 0.3 is 0 Å². The minimum atomic E-state index is -0.217. The van der Waals surface area contributed by atoms with Gasteiger partial charge in [0.15, 0.2) is 0 Å². The largest absolute Gasteiger partial charge is 0.384 e. The third-order valence-electron chi connectivity index (χ3n) is 6.01. The third kappa shape index (κ3) is 4.02. The van der Waals surface area contributed by atoms with Crippen LogP contribution in [0.2, 0.25) is 0 Å².